The standard InChI is InChI=1S/C31H30ClN5O4/c1-16(2)36-27-26(35-28(36)21-15-33-25(41-17(3)4)14-24(21)40-6)29(38)37(20-9-7-8-19(32)13-20)31(27)22-11-10-18(5)12-23(22)34-30(31)39/h7-17H,1-6H3,(H,34,39). The SMILES string of the molecule is COc1cc(OC(C)C)ncc1-c1nc2c(n1C(C)C)C1(C(=O)Nc3cc(C)ccc31)N(c1cccc(Cl)c1)C2=O. The molecule has 1 atom stereocenters. The van der Waals surface area contributed by atoms with Crippen LogP contribution in [-0.2, 0) is 10.3 Å². The third-order valence-electron chi connectivity index (χ3n) is 7.38. The summed E-state index contributed by atoms with van der Waals surface area (Å²) in [6.07, 6.45) is 1.56. The average molecular weight is 572 g/mol. The summed E-state index contributed by atoms with van der Waals surface area (Å²) in [6, 6.07) is 14.2. The van der Waals surface area contributed by atoms with Gasteiger partial charge in [0.1, 0.15) is 11.6 Å². The van der Waals surface area contributed by atoms with Crippen molar-refractivity contribution in [3.05, 3.63) is 82.3 Å². The number of nitrogens with zero attached hydrogens (tertiary/aromatic N) is 4. The van der Waals surface area contributed by atoms with E-state index in [1.165, 1.54) is 4.90 Å². The lowest BCUT2D eigenvalue weighted by molar-refractivity contribution is -0.119. The molecule has 2 aromatic carbocycles. The Hall–Kier alpha value is -4.37. The molecule has 2 amide bonds. The highest BCUT2D eigenvalue weighted by Crippen LogP contribution is 2.54. The molecule has 0 saturated heterocycles. The number of rotatable bonds is 6. The number of halogens is 1. The minimum absolute atomic E-state index is 0.0703. The van der Waals surface area contributed by atoms with Crippen molar-refractivity contribution in [3.8, 4) is 23.0 Å². The molecule has 0 bridgehead atoms. The van der Waals surface area contributed by atoms with E-state index in [2.05, 4.69) is 10.3 Å². The van der Waals surface area contributed by atoms with Crippen molar-refractivity contribution < 1.29 is 19.1 Å². The summed E-state index contributed by atoms with van der Waals surface area (Å²) in [7, 11) is 1.56. The average Bonchev–Trinajstić information content (AvgIpc) is 3.52. The molecule has 1 unspecified atom stereocenters. The second-order valence-corrected chi connectivity index (χ2v) is 11.3. The highest BCUT2D eigenvalue weighted by molar-refractivity contribution is 6.31. The van der Waals surface area contributed by atoms with Crippen molar-refractivity contribution in [2.45, 2.75) is 52.3 Å². The summed E-state index contributed by atoms with van der Waals surface area (Å²) >= 11 is 6.38. The van der Waals surface area contributed by atoms with Crippen LogP contribution in [0.15, 0.2) is 54.7 Å². The first-order valence-corrected chi connectivity index (χ1v) is 13.8. The minimum Gasteiger partial charge on any atom is -0.496 e. The molecule has 1 N–H and O–H groups in total. The number of carbonyl (C=O) groups excluding carboxylic acids is 2. The topological polar surface area (TPSA) is 98.6 Å². The number of fused-ring (bicyclic) bond motifs is 4. The Balaban J connectivity index is 1.67. The third kappa shape index (κ3) is 3.90. The Bertz CT molecular complexity index is 1730. The smallest absolute Gasteiger partial charge is 0.280 e. The maximum absolute atomic E-state index is 14.4. The molecular weight excluding hydrogens is 542 g/mol. The van der Waals surface area contributed by atoms with Gasteiger partial charge in [-0.3, -0.25) is 14.5 Å². The number of pyridine rings is 1. The van der Waals surface area contributed by atoms with E-state index in [9.17, 15) is 9.59 Å². The van der Waals surface area contributed by atoms with E-state index in [4.69, 9.17) is 26.1 Å². The number of hydrogen-bond donors (Lipinski definition) is 1. The first-order chi connectivity index (χ1) is 19.6. The molecule has 0 radical (unpaired) electrons. The molecule has 4 aromatic rings. The number of methoxy groups -OCH3 is 1. The van der Waals surface area contributed by atoms with Gasteiger partial charge in [0.15, 0.2) is 11.2 Å². The number of ether oxygens (including phenoxy) is 2. The number of carbonyl (C=O) groups is 2. The highest BCUT2D eigenvalue weighted by atomic mass is 35.5. The summed E-state index contributed by atoms with van der Waals surface area (Å²) in [5.41, 5.74) is 2.52. The van der Waals surface area contributed by atoms with Crippen LogP contribution in [0.4, 0.5) is 11.4 Å². The molecule has 6 rings (SSSR count). The van der Waals surface area contributed by atoms with Crippen LogP contribution in [0.3, 0.4) is 0 Å². The Kier molecular flexibility index (Phi) is 6.30. The van der Waals surface area contributed by atoms with Crippen LogP contribution < -0.4 is 19.7 Å². The van der Waals surface area contributed by atoms with Gasteiger partial charge in [-0.2, -0.15) is 0 Å². The fraction of sp³-hybridized carbons (Fsp3) is 0.290. The van der Waals surface area contributed by atoms with Gasteiger partial charge in [-0.1, -0.05) is 29.8 Å². The molecular formula is C31H30ClN5O4. The third-order valence-corrected chi connectivity index (χ3v) is 7.61. The fourth-order valence-electron chi connectivity index (χ4n) is 5.84. The Morgan fingerprint density at radius 2 is 1.83 bits per heavy atom. The van der Waals surface area contributed by atoms with E-state index in [1.807, 2.05) is 57.4 Å². The van der Waals surface area contributed by atoms with Gasteiger partial charge < -0.3 is 19.4 Å². The monoisotopic (exact) mass is 571 g/mol. The Morgan fingerprint density at radius 3 is 2.51 bits per heavy atom. The molecule has 4 heterocycles. The Morgan fingerprint density at radius 1 is 1.05 bits per heavy atom. The van der Waals surface area contributed by atoms with E-state index in [1.54, 1.807) is 43.6 Å². The second kappa shape index (κ2) is 9.62. The maximum atomic E-state index is 14.4. The first kappa shape index (κ1) is 26.8. The molecule has 2 aliphatic heterocycles. The molecule has 0 saturated carbocycles. The predicted molar refractivity (Wildman–Crippen MR) is 157 cm³/mol. The van der Waals surface area contributed by atoms with E-state index in [-0.39, 0.29) is 23.7 Å². The van der Waals surface area contributed by atoms with Gasteiger partial charge in [0.05, 0.1) is 24.5 Å². The van der Waals surface area contributed by atoms with Crippen LogP contribution in [0.5, 0.6) is 11.6 Å². The van der Waals surface area contributed by atoms with Crippen molar-refractivity contribution in [2.24, 2.45) is 0 Å². The largest absolute Gasteiger partial charge is 0.496 e. The van der Waals surface area contributed by atoms with Crippen LogP contribution in [-0.4, -0.2) is 39.6 Å². The lowest BCUT2D eigenvalue weighted by atomic mass is 9.86. The lowest BCUT2D eigenvalue weighted by Crippen LogP contribution is -2.51. The second-order valence-electron chi connectivity index (χ2n) is 10.8. The molecule has 210 valence electrons. The number of hydrogen-bond acceptors (Lipinski definition) is 6. The van der Waals surface area contributed by atoms with E-state index in [0.717, 1.165) is 5.56 Å². The number of imidazole rings is 1. The zero-order valence-corrected chi connectivity index (χ0v) is 24.4. The number of amides is 2. The molecule has 2 aromatic heterocycles. The fourth-order valence-corrected chi connectivity index (χ4v) is 6.03. The Labute approximate surface area is 243 Å². The number of aromatic nitrogens is 3. The first-order valence-electron chi connectivity index (χ1n) is 13.4. The highest BCUT2D eigenvalue weighted by Gasteiger charge is 2.64. The van der Waals surface area contributed by atoms with Crippen molar-refractivity contribution in [1.82, 2.24) is 14.5 Å². The minimum atomic E-state index is -1.52. The molecule has 9 nitrogen and oxygen atoms in total. The number of anilines is 2. The van der Waals surface area contributed by atoms with Crippen LogP contribution in [0, 0.1) is 6.92 Å². The van der Waals surface area contributed by atoms with Crippen molar-refractivity contribution in [2.75, 3.05) is 17.3 Å². The molecule has 2 aliphatic rings. The molecule has 41 heavy (non-hydrogen) atoms. The maximum Gasteiger partial charge on any atom is 0.280 e. The van der Waals surface area contributed by atoms with Gasteiger partial charge in [0.25, 0.3) is 11.8 Å². The van der Waals surface area contributed by atoms with Crippen LogP contribution in [0.25, 0.3) is 11.4 Å². The quantitative estimate of drug-likeness (QED) is 0.298. The predicted octanol–water partition coefficient (Wildman–Crippen LogP) is 6.14. The van der Waals surface area contributed by atoms with Crippen molar-refractivity contribution in [1.29, 1.82) is 0 Å². The zero-order valence-electron chi connectivity index (χ0n) is 23.7. The summed E-state index contributed by atoms with van der Waals surface area (Å²) in [4.78, 5) is 39.6. The van der Waals surface area contributed by atoms with Gasteiger partial charge in [0.2, 0.25) is 5.88 Å². The normalized spacial score (nSPS) is 17.4. The van der Waals surface area contributed by atoms with E-state index >= 15 is 0 Å². The van der Waals surface area contributed by atoms with Crippen molar-refractivity contribution >= 4 is 34.8 Å². The van der Waals surface area contributed by atoms with Crippen molar-refractivity contribution in [3.63, 3.8) is 0 Å². The summed E-state index contributed by atoms with van der Waals surface area (Å²) in [5.74, 6) is 0.621. The van der Waals surface area contributed by atoms with E-state index in [0.29, 0.717) is 50.7 Å². The number of aryl methyl sites for hydroxylation is 1. The summed E-state index contributed by atoms with van der Waals surface area (Å²) in [6.45, 7) is 9.77. The molecule has 10 heteroatoms. The van der Waals surface area contributed by atoms with Gasteiger partial charge in [-0.25, -0.2) is 9.97 Å². The molecule has 1 spiro atoms. The van der Waals surface area contributed by atoms with Crippen LogP contribution in [0.2, 0.25) is 5.02 Å². The number of nitrogens with one attached hydrogen (secondary N) is 1. The lowest BCUT2D eigenvalue weighted by Gasteiger charge is -2.35. The zero-order chi connectivity index (χ0) is 29.2. The van der Waals surface area contributed by atoms with Crippen LogP contribution >= 0.6 is 11.6 Å². The van der Waals surface area contributed by atoms with Gasteiger partial charge in [-0.15, -0.1) is 0 Å². The van der Waals surface area contributed by atoms with E-state index < -0.39 is 11.4 Å². The van der Waals surface area contributed by atoms with Gasteiger partial charge in [0, 0.05) is 40.3 Å². The summed E-state index contributed by atoms with van der Waals surface area (Å²) in [5, 5.41) is 3.50. The summed E-state index contributed by atoms with van der Waals surface area (Å²) < 4.78 is 13.4. The molecule has 0 aliphatic carbocycles. The number of benzene rings is 2. The van der Waals surface area contributed by atoms with Crippen LogP contribution in [0.1, 0.15) is 61.0 Å². The van der Waals surface area contributed by atoms with Gasteiger partial charge >= 0.3 is 0 Å². The van der Waals surface area contributed by atoms with Gasteiger partial charge in [-0.05, 0) is 64.4 Å². The molecule has 0 fully saturated rings.